The molecule has 0 fully saturated rings. The third-order valence-corrected chi connectivity index (χ3v) is 2.03. The van der Waals surface area contributed by atoms with Gasteiger partial charge in [0.2, 0.25) is 0 Å². The van der Waals surface area contributed by atoms with Crippen LogP contribution in [0.4, 0.5) is 0 Å². The molecule has 0 saturated carbocycles. The fraction of sp³-hybridized carbons (Fsp3) is 0.833. The molecule has 0 saturated heterocycles. The smallest absolute Gasteiger partial charge is 0.168 e. The summed E-state index contributed by atoms with van der Waals surface area (Å²) < 4.78 is 5.47. The summed E-state index contributed by atoms with van der Waals surface area (Å²) in [6.45, 7) is 12.8. The first kappa shape index (κ1) is 15.0. The van der Waals surface area contributed by atoms with E-state index in [1.165, 1.54) is 0 Å². The zero-order valence-corrected chi connectivity index (χ0v) is 12.3. The molecule has 3 heteroatoms. The summed E-state index contributed by atoms with van der Waals surface area (Å²) in [5.41, 5.74) is 0.322. The summed E-state index contributed by atoms with van der Waals surface area (Å²) in [6, 6.07) is 0. The lowest BCUT2D eigenvalue weighted by molar-refractivity contribution is 0.379. The lowest BCUT2D eigenvalue weighted by atomic mass is 9.92. The van der Waals surface area contributed by atoms with Gasteiger partial charge in [-0.25, -0.2) is 0 Å². The van der Waals surface area contributed by atoms with Gasteiger partial charge >= 0.3 is 0 Å². The third kappa shape index (κ3) is 10.3. The second-order valence-electron chi connectivity index (χ2n) is 6.32. The quantitative estimate of drug-likeness (QED) is 0.663. The van der Waals surface area contributed by atoms with Crippen LogP contribution >= 0.6 is 24.4 Å². The van der Waals surface area contributed by atoms with Crippen molar-refractivity contribution >= 4 is 34.5 Å². The minimum absolute atomic E-state index is 0.161. The molecule has 88 valence electrons. The maximum atomic E-state index is 5.47. The Morgan fingerprint density at radius 1 is 0.800 bits per heavy atom. The lowest BCUT2D eigenvalue weighted by Gasteiger charge is -2.21. The molecule has 1 nitrogen and oxygen atoms in total. The number of ether oxygens (including phenoxy) is 1. The molecule has 0 aromatic heterocycles. The molecule has 0 radical (unpaired) electrons. The Balaban J connectivity index is 4.04. The van der Waals surface area contributed by atoms with E-state index in [2.05, 4.69) is 41.5 Å². The van der Waals surface area contributed by atoms with Crippen molar-refractivity contribution < 1.29 is 4.74 Å². The highest BCUT2D eigenvalue weighted by Crippen LogP contribution is 2.23. The predicted octanol–water partition coefficient (Wildman–Crippen LogP) is 4.53. The number of rotatable bonds is 2. The van der Waals surface area contributed by atoms with Crippen LogP contribution in [0.1, 0.15) is 54.4 Å². The molecule has 0 amide bonds. The second-order valence-corrected chi connectivity index (χ2v) is 7.23. The minimum Gasteiger partial charge on any atom is -0.443 e. The van der Waals surface area contributed by atoms with Crippen molar-refractivity contribution in [3.8, 4) is 0 Å². The van der Waals surface area contributed by atoms with E-state index in [-0.39, 0.29) is 10.8 Å². The van der Waals surface area contributed by atoms with Gasteiger partial charge in [0.25, 0.3) is 0 Å². The highest BCUT2D eigenvalue weighted by Gasteiger charge is 2.18. The largest absolute Gasteiger partial charge is 0.443 e. The van der Waals surface area contributed by atoms with Crippen LogP contribution in [0, 0.1) is 10.8 Å². The first-order valence-corrected chi connectivity index (χ1v) is 6.05. The van der Waals surface area contributed by atoms with E-state index in [0.29, 0.717) is 10.1 Å². The van der Waals surface area contributed by atoms with Gasteiger partial charge < -0.3 is 4.74 Å². The van der Waals surface area contributed by atoms with E-state index in [9.17, 15) is 0 Å². The van der Waals surface area contributed by atoms with E-state index in [1.807, 2.05) is 0 Å². The minimum atomic E-state index is 0.161. The summed E-state index contributed by atoms with van der Waals surface area (Å²) >= 11 is 10.3. The fourth-order valence-corrected chi connectivity index (χ4v) is 2.19. The van der Waals surface area contributed by atoms with Gasteiger partial charge in [-0.3, -0.25) is 0 Å². The molecule has 0 aliphatic carbocycles. The Morgan fingerprint density at radius 3 is 1.27 bits per heavy atom. The Hall–Kier alpha value is -0.0200. The monoisotopic (exact) mass is 246 g/mol. The Kier molecular flexibility index (Phi) is 5.34. The lowest BCUT2D eigenvalue weighted by Crippen LogP contribution is -2.19. The zero-order chi connectivity index (χ0) is 12.3. The van der Waals surface area contributed by atoms with Gasteiger partial charge in [0.05, 0.1) is 0 Å². The summed E-state index contributed by atoms with van der Waals surface area (Å²) in [5.74, 6) is 0. The van der Waals surface area contributed by atoms with Crippen LogP contribution in [0.5, 0.6) is 0 Å². The second kappa shape index (κ2) is 5.35. The topological polar surface area (TPSA) is 9.23 Å². The van der Waals surface area contributed by atoms with Crippen LogP contribution in [-0.4, -0.2) is 10.1 Å². The van der Waals surface area contributed by atoms with Gasteiger partial charge in [0.15, 0.2) is 10.1 Å². The van der Waals surface area contributed by atoms with Gasteiger partial charge in [-0.05, 0) is 35.3 Å². The van der Waals surface area contributed by atoms with E-state index in [4.69, 9.17) is 29.2 Å². The molecule has 0 aliphatic rings. The maximum absolute atomic E-state index is 5.47. The highest BCUT2D eigenvalue weighted by atomic mass is 32.1. The summed E-state index contributed by atoms with van der Waals surface area (Å²) in [6.07, 6.45) is 1.54. The number of hydrogen-bond donors (Lipinski definition) is 0. The molecule has 0 heterocycles. The van der Waals surface area contributed by atoms with Gasteiger partial charge in [0, 0.05) is 12.8 Å². The van der Waals surface area contributed by atoms with E-state index in [1.54, 1.807) is 0 Å². The summed E-state index contributed by atoms with van der Waals surface area (Å²) in [4.78, 5) is 0. The van der Waals surface area contributed by atoms with Crippen LogP contribution < -0.4 is 0 Å². The zero-order valence-electron chi connectivity index (χ0n) is 10.6. The molecule has 0 bridgehead atoms. The third-order valence-electron chi connectivity index (χ3n) is 1.58. The SMILES string of the molecule is CC(C)(C)CC(=S)OC(=S)CC(C)(C)C. The molecule has 0 atom stereocenters. The van der Waals surface area contributed by atoms with Crippen LogP contribution in [0.15, 0.2) is 0 Å². The first-order valence-electron chi connectivity index (χ1n) is 5.23. The number of hydrogen-bond acceptors (Lipinski definition) is 3. The first-order chi connectivity index (χ1) is 6.49. The molecular weight excluding hydrogens is 224 g/mol. The normalized spacial score (nSPS) is 12.4. The van der Waals surface area contributed by atoms with Crippen LogP contribution in [-0.2, 0) is 4.74 Å². The van der Waals surface area contributed by atoms with Crippen molar-refractivity contribution in [2.24, 2.45) is 10.8 Å². The summed E-state index contributed by atoms with van der Waals surface area (Å²) in [7, 11) is 0. The highest BCUT2D eigenvalue weighted by molar-refractivity contribution is 7.81. The molecule has 15 heavy (non-hydrogen) atoms. The predicted molar refractivity (Wildman–Crippen MR) is 74.4 cm³/mol. The molecule has 0 aromatic carbocycles. The Labute approximate surface area is 105 Å². The van der Waals surface area contributed by atoms with Crippen molar-refractivity contribution in [1.29, 1.82) is 0 Å². The fourth-order valence-electron chi connectivity index (χ4n) is 1.07. The summed E-state index contributed by atoms with van der Waals surface area (Å²) in [5, 5.41) is 1.22. The molecule has 0 unspecified atom stereocenters. The van der Waals surface area contributed by atoms with E-state index in [0.717, 1.165) is 12.8 Å². The Morgan fingerprint density at radius 2 is 1.07 bits per heavy atom. The van der Waals surface area contributed by atoms with Crippen molar-refractivity contribution in [2.45, 2.75) is 54.4 Å². The van der Waals surface area contributed by atoms with Crippen molar-refractivity contribution in [2.75, 3.05) is 0 Å². The molecule has 0 spiro atoms. The molecular formula is C12H22OS2. The van der Waals surface area contributed by atoms with Crippen LogP contribution in [0.3, 0.4) is 0 Å². The molecule has 0 aliphatic heterocycles. The van der Waals surface area contributed by atoms with Gasteiger partial charge in [-0.1, -0.05) is 41.5 Å². The van der Waals surface area contributed by atoms with Crippen molar-refractivity contribution in [3.05, 3.63) is 0 Å². The number of thiocarbonyl (C=S) groups is 2. The molecule has 0 N–H and O–H groups in total. The van der Waals surface area contributed by atoms with Crippen molar-refractivity contribution in [3.63, 3.8) is 0 Å². The average molecular weight is 246 g/mol. The van der Waals surface area contributed by atoms with Gasteiger partial charge in [0.1, 0.15) is 0 Å². The van der Waals surface area contributed by atoms with Gasteiger partial charge in [-0.2, -0.15) is 0 Å². The molecule has 0 rings (SSSR count). The standard InChI is InChI=1S/C12H22OS2/c1-11(2,3)7-9(14)13-10(15)8-12(4,5)6/h7-8H2,1-6H3. The Bertz CT molecular complexity index is 217. The van der Waals surface area contributed by atoms with E-state index < -0.39 is 0 Å². The molecule has 0 aromatic rings. The average Bonchev–Trinajstić information content (AvgIpc) is 1.73. The van der Waals surface area contributed by atoms with Crippen molar-refractivity contribution in [1.82, 2.24) is 0 Å². The van der Waals surface area contributed by atoms with E-state index >= 15 is 0 Å². The van der Waals surface area contributed by atoms with Crippen LogP contribution in [0.2, 0.25) is 0 Å². The van der Waals surface area contributed by atoms with Gasteiger partial charge in [-0.15, -0.1) is 0 Å². The van der Waals surface area contributed by atoms with Crippen LogP contribution in [0.25, 0.3) is 0 Å². The maximum Gasteiger partial charge on any atom is 0.168 e.